The summed E-state index contributed by atoms with van der Waals surface area (Å²) in [6.45, 7) is 3.49. The molecule has 3 nitrogen and oxygen atoms in total. The molecule has 0 spiro atoms. The summed E-state index contributed by atoms with van der Waals surface area (Å²) in [4.78, 5) is 13.0. The van der Waals surface area contributed by atoms with Crippen LogP contribution in [0.4, 0.5) is 0 Å². The Bertz CT molecular complexity index is 200. The lowest BCUT2D eigenvalue weighted by molar-refractivity contribution is -0.125. The van der Waals surface area contributed by atoms with E-state index in [2.05, 4.69) is 4.90 Å². The first-order valence-corrected chi connectivity index (χ1v) is 3.71. The fraction of sp³-hybridized carbons (Fsp3) is 0.625. The molecule has 1 aliphatic heterocycles. The third-order valence-corrected chi connectivity index (χ3v) is 2.06. The van der Waals surface area contributed by atoms with E-state index in [-0.39, 0.29) is 5.91 Å². The summed E-state index contributed by atoms with van der Waals surface area (Å²) in [6.07, 6.45) is 3.88. The number of rotatable bonds is 1. The molecule has 1 unspecified atom stereocenters. The molecule has 2 N–H and O–H groups in total. The predicted molar refractivity (Wildman–Crippen MR) is 43.9 cm³/mol. The minimum atomic E-state index is -0.465. The molecule has 0 bridgehead atoms. The zero-order valence-corrected chi connectivity index (χ0v) is 7.00. The van der Waals surface area contributed by atoms with Crippen LogP contribution in [-0.2, 0) is 4.79 Å². The Morgan fingerprint density at radius 3 is 2.73 bits per heavy atom. The Kier molecular flexibility index (Phi) is 2.00. The van der Waals surface area contributed by atoms with Crippen molar-refractivity contribution in [3.05, 3.63) is 12.2 Å². The standard InChI is InChI=1S/C8H14N2O/c1-8(7(9)11)4-3-5-10(2)6-8/h3-4H,5-6H2,1-2H3,(H2,9,11). The summed E-state index contributed by atoms with van der Waals surface area (Å²) in [6, 6.07) is 0. The average molecular weight is 154 g/mol. The molecule has 1 heterocycles. The zero-order chi connectivity index (χ0) is 8.48. The quantitative estimate of drug-likeness (QED) is 0.539. The molecule has 1 rings (SSSR count). The van der Waals surface area contributed by atoms with Gasteiger partial charge in [-0.1, -0.05) is 12.2 Å². The van der Waals surface area contributed by atoms with Crippen molar-refractivity contribution in [2.24, 2.45) is 11.1 Å². The van der Waals surface area contributed by atoms with Crippen LogP contribution in [0.25, 0.3) is 0 Å². The van der Waals surface area contributed by atoms with Gasteiger partial charge in [0.2, 0.25) is 5.91 Å². The maximum absolute atomic E-state index is 11.0. The lowest BCUT2D eigenvalue weighted by atomic mass is 9.87. The van der Waals surface area contributed by atoms with Crippen molar-refractivity contribution in [2.75, 3.05) is 20.1 Å². The zero-order valence-electron chi connectivity index (χ0n) is 7.00. The van der Waals surface area contributed by atoms with Crippen LogP contribution in [0.1, 0.15) is 6.92 Å². The number of amides is 1. The van der Waals surface area contributed by atoms with E-state index in [1.165, 1.54) is 0 Å². The molecular formula is C8H14N2O. The van der Waals surface area contributed by atoms with Gasteiger partial charge < -0.3 is 10.6 Å². The van der Waals surface area contributed by atoms with E-state index in [4.69, 9.17) is 5.73 Å². The molecule has 1 aliphatic rings. The van der Waals surface area contributed by atoms with Gasteiger partial charge in [0.15, 0.2) is 0 Å². The molecule has 1 amide bonds. The largest absolute Gasteiger partial charge is 0.369 e. The number of nitrogens with two attached hydrogens (primary N) is 1. The second-order valence-electron chi connectivity index (χ2n) is 3.38. The number of hydrogen-bond acceptors (Lipinski definition) is 2. The lowest BCUT2D eigenvalue weighted by Gasteiger charge is -2.31. The fourth-order valence-corrected chi connectivity index (χ4v) is 1.33. The predicted octanol–water partition coefficient (Wildman–Crippen LogP) is -0.0204. The third-order valence-electron chi connectivity index (χ3n) is 2.06. The van der Waals surface area contributed by atoms with Crippen LogP contribution in [-0.4, -0.2) is 30.9 Å². The number of likely N-dealkylation sites (N-methyl/N-ethyl adjacent to an activating group) is 1. The first kappa shape index (κ1) is 8.27. The Morgan fingerprint density at radius 1 is 1.73 bits per heavy atom. The summed E-state index contributed by atoms with van der Waals surface area (Å²) in [5.74, 6) is -0.250. The molecule has 62 valence electrons. The van der Waals surface area contributed by atoms with Crippen molar-refractivity contribution in [3.63, 3.8) is 0 Å². The molecule has 0 aromatic carbocycles. The van der Waals surface area contributed by atoms with Crippen LogP contribution >= 0.6 is 0 Å². The van der Waals surface area contributed by atoms with Crippen LogP contribution in [0.5, 0.6) is 0 Å². The van der Waals surface area contributed by atoms with Crippen molar-refractivity contribution in [3.8, 4) is 0 Å². The lowest BCUT2D eigenvalue weighted by Crippen LogP contribution is -2.44. The Labute approximate surface area is 66.9 Å². The van der Waals surface area contributed by atoms with Crippen LogP contribution in [0, 0.1) is 5.41 Å². The van der Waals surface area contributed by atoms with Crippen LogP contribution in [0.2, 0.25) is 0 Å². The summed E-state index contributed by atoms with van der Waals surface area (Å²) < 4.78 is 0. The fourth-order valence-electron chi connectivity index (χ4n) is 1.33. The van der Waals surface area contributed by atoms with Gasteiger partial charge in [-0.15, -0.1) is 0 Å². The average Bonchev–Trinajstić information content (AvgIpc) is 1.86. The van der Waals surface area contributed by atoms with Gasteiger partial charge in [-0.2, -0.15) is 0 Å². The summed E-state index contributed by atoms with van der Waals surface area (Å²) in [5, 5.41) is 0. The van der Waals surface area contributed by atoms with Crippen LogP contribution in [0.3, 0.4) is 0 Å². The van der Waals surface area contributed by atoms with Gasteiger partial charge in [0.1, 0.15) is 0 Å². The second-order valence-corrected chi connectivity index (χ2v) is 3.38. The minimum absolute atomic E-state index is 0.250. The molecular weight excluding hydrogens is 140 g/mol. The first-order chi connectivity index (χ1) is 5.04. The Hall–Kier alpha value is -0.830. The van der Waals surface area contributed by atoms with Gasteiger partial charge in [-0.05, 0) is 14.0 Å². The molecule has 3 heteroatoms. The summed E-state index contributed by atoms with van der Waals surface area (Å²) in [5.41, 5.74) is 4.78. The highest BCUT2D eigenvalue weighted by Crippen LogP contribution is 2.21. The maximum Gasteiger partial charge on any atom is 0.228 e. The van der Waals surface area contributed by atoms with E-state index < -0.39 is 5.41 Å². The Morgan fingerprint density at radius 2 is 2.36 bits per heavy atom. The molecule has 0 aromatic rings. The van der Waals surface area contributed by atoms with E-state index >= 15 is 0 Å². The number of primary amides is 1. The molecule has 0 aromatic heterocycles. The van der Waals surface area contributed by atoms with Crippen molar-refractivity contribution in [1.82, 2.24) is 4.90 Å². The summed E-state index contributed by atoms with van der Waals surface area (Å²) >= 11 is 0. The van der Waals surface area contributed by atoms with Crippen molar-refractivity contribution < 1.29 is 4.79 Å². The minimum Gasteiger partial charge on any atom is -0.369 e. The van der Waals surface area contributed by atoms with Crippen molar-refractivity contribution in [2.45, 2.75) is 6.92 Å². The molecule has 11 heavy (non-hydrogen) atoms. The van der Waals surface area contributed by atoms with Gasteiger partial charge in [0.05, 0.1) is 5.41 Å². The highest BCUT2D eigenvalue weighted by Gasteiger charge is 2.31. The van der Waals surface area contributed by atoms with E-state index in [1.54, 1.807) is 0 Å². The molecule has 0 fully saturated rings. The van der Waals surface area contributed by atoms with Crippen LogP contribution < -0.4 is 5.73 Å². The normalized spacial score (nSPS) is 32.2. The topological polar surface area (TPSA) is 46.3 Å². The molecule has 0 saturated carbocycles. The smallest absolute Gasteiger partial charge is 0.228 e. The van der Waals surface area contributed by atoms with E-state index in [0.29, 0.717) is 0 Å². The van der Waals surface area contributed by atoms with Crippen molar-refractivity contribution in [1.29, 1.82) is 0 Å². The van der Waals surface area contributed by atoms with E-state index in [9.17, 15) is 4.79 Å². The Balaban J connectivity index is 2.79. The highest BCUT2D eigenvalue weighted by molar-refractivity contribution is 5.82. The number of nitrogens with zero attached hydrogens (tertiary/aromatic N) is 1. The van der Waals surface area contributed by atoms with E-state index in [0.717, 1.165) is 13.1 Å². The second kappa shape index (κ2) is 2.66. The van der Waals surface area contributed by atoms with Gasteiger partial charge in [0.25, 0.3) is 0 Å². The molecule has 0 aliphatic carbocycles. The molecule has 0 radical (unpaired) electrons. The van der Waals surface area contributed by atoms with Gasteiger partial charge in [0, 0.05) is 13.1 Å². The third kappa shape index (κ3) is 1.60. The number of carbonyl (C=O) groups is 1. The van der Waals surface area contributed by atoms with Gasteiger partial charge >= 0.3 is 0 Å². The number of hydrogen-bond donors (Lipinski definition) is 1. The van der Waals surface area contributed by atoms with Crippen molar-refractivity contribution >= 4 is 5.91 Å². The van der Waals surface area contributed by atoms with Crippen LogP contribution in [0.15, 0.2) is 12.2 Å². The molecule has 1 atom stereocenters. The maximum atomic E-state index is 11.0. The highest BCUT2D eigenvalue weighted by atomic mass is 16.1. The molecule has 0 saturated heterocycles. The summed E-state index contributed by atoms with van der Waals surface area (Å²) in [7, 11) is 1.98. The van der Waals surface area contributed by atoms with Gasteiger partial charge in [-0.3, -0.25) is 4.79 Å². The number of carbonyl (C=O) groups excluding carboxylic acids is 1. The van der Waals surface area contributed by atoms with Gasteiger partial charge in [-0.25, -0.2) is 0 Å². The monoisotopic (exact) mass is 154 g/mol. The van der Waals surface area contributed by atoms with E-state index in [1.807, 2.05) is 26.1 Å². The first-order valence-electron chi connectivity index (χ1n) is 3.71. The SMILES string of the molecule is CN1CC=CC(C)(C(N)=O)C1.